The third-order valence-electron chi connectivity index (χ3n) is 4.98. The molecule has 2 aromatic rings. The van der Waals surface area contributed by atoms with E-state index in [-0.39, 0.29) is 23.4 Å². The van der Waals surface area contributed by atoms with Crippen LogP contribution >= 0.6 is 0 Å². The molecule has 0 aromatic heterocycles. The molecule has 2 heterocycles. The number of para-hydroxylation sites is 2. The van der Waals surface area contributed by atoms with Crippen LogP contribution < -0.4 is 4.31 Å². The van der Waals surface area contributed by atoms with Crippen molar-refractivity contribution in [3.05, 3.63) is 64.2 Å². The molecule has 1 fully saturated rings. The molecule has 9 heteroatoms. The number of nitrogens with zero attached hydrogens (tertiary/aromatic N) is 3. The minimum absolute atomic E-state index is 0.0285. The number of carbonyl (C=O) groups is 1. The van der Waals surface area contributed by atoms with Crippen LogP contribution in [-0.4, -0.2) is 37.7 Å². The number of benzene rings is 2. The molecule has 0 saturated carbocycles. The van der Waals surface area contributed by atoms with Gasteiger partial charge in [0.25, 0.3) is 15.7 Å². The number of nitro benzene ring substituents is 1. The number of likely N-dealkylation sites (tertiary alicyclic amines) is 1. The van der Waals surface area contributed by atoms with Crippen molar-refractivity contribution in [2.75, 3.05) is 17.9 Å². The van der Waals surface area contributed by atoms with E-state index in [9.17, 15) is 23.3 Å². The molecule has 0 N–H and O–H groups in total. The van der Waals surface area contributed by atoms with Gasteiger partial charge in [0.05, 0.1) is 22.6 Å². The van der Waals surface area contributed by atoms with Gasteiger partial charge in [0.1, 0.15) is 0 Å². The fourth-order valence-electron chi connectivity index (χ4n) is 3.74. The van der Waals surface area contributed by atoms with Crippen LogP contribution in [0.5, 0.6) is 0 Å². The number of carbonyl (C=O) groups excluding carboxylic acids is 1. The fourth-order valence-corrected chi connectivity index (χ4v) is 5.42. The second-order valence-electron chi connectivity index (χ2n) is 6.32. The van der Waals surface area contributed by atoms with E-state index in [4.69, 9.17) is 0 Å². The average molecular weight is 373 g/mol. The van der Waals surface area contributed by atoms with Gasteiger partial charge >= 0.3 is 0 Å². The van der Waals surface area contributed by atoms with Gasteiger partial charge in [0, 0.05) is 19.7 Å². The zero-order valence-corrected chi connectivity index (χ0v) is 14.6. The second-order valence-corrected chi connectivity index (χ2v) is 8.15. The van der Waals surface area contributed by atoms with Gasteiger partial charge in [-0.1, -0.05) is 30.3 Å². The lowest BCUT2D eigenvalue weighted by atomic mass is 9.79. The van der Waals surface area contributed by atoms with E-state index in [1.54, 1.807) is 36.2 Å². The van der Waals surface area contributed by atoms with Crippen molar-refractivity contribution in [2.24, 2.45) is 5.92 Å². The zero-order valence-electron chi connectivity index (χ0n) is 13.8. The Bertz CT molecular complexity index is 1040. The van der Waals surface area contributed by atoms with E-state index in [2.05, 4.69) is 0 Å². The summed E-state index contributed by atoms with van der Waals surface area (Å²) in [7, 11) is -2.51. The van der Waals surface area contributed by atoms with Crippen molar-refractivity contribution in [1.29, 1.82) is 0 Å². The number of nitro groups is 1. The van der Waals surface area contributed by atoms with Gasteiger partial charge < -0.3 is 4.90 Å². The molecule has 8 nitrogen and oxygen atoms in total. The van der Waals surface area contributed by atoms with Crippen LogP contribution in [0.4, 0.5) is 11.4 Å². The zero-order chi connectivity index (χ0) is 18.6. The summed E-state index contributed by atoms with van der Waals surface area (Å²) in [5.41, 5.74) is 0.698. The number of hydrogen-bond donors (Lipinski definition) is 0. The summed E-state index contributed by atoms with van der Waals surface area (Å²) < 4.78 is 27.6. The number of β-lactam (4-membered cyclic amide) rings is 1. The molecule has 4 rings (SSSR count). The molecule has 0 radical (unpaired) electrons. The summed E-state index contributed by atoms with van der Waals surface area (Å²) in [6.45, 7) is -0.0285. The lowest BCUT2D eigenvalue weighted by Crippen LogP contribution is -2.60. The van der Waals surface area contributed by atoms with E-state index >= 15 is 0 Å². The quantitative estimate of drug-likeness (QED) is 0.465. The summed E-state index contributed by atoms with van der Waals surface area (Å²) in [6, 6.07) is 12.0. The summed E-state index contributed by atoms with van der Waals surface area (Å²) >= 11 is 0. The highest BCUT2D eigenvalue weighted by atomic mass is 32.2. The molecule has 134 valence electrons. The highest BCUT2D eigenvalue weighted by Gasteiger charge is 2.52. The second kappa shape index (κ2) is 5.53. The number of rotatable bonds is 3. The van der Waals surface area contributed by atoms with Crippen LogP contribution in [0, 0.1) is 16.0 Å². The predicted molar refractivity (Wildman–Crippen MR) is 93.1 cm³/mol. The first kappa shape index (κ1) is 16.5. The Morgan fingerprint density at radius 3 is 2.50 bits per heavy atom. The first-order valence-corrected chi connectivity index (χ1v) is 9.40. The van der Waals surface area contributed by atoms with Crippen molar-refractivity contribution in [3.63, 3.8) is 0 Å². The number of hydrogen-bond acceptors (Lipinski definition) is 5. The standard InChI is InChI=1S/C17H15N3O5S/c1-18-16-11-6-2-3-7-13(11)19(10-12(16)17(18)21)26(24,25)15-9-5-4-8-14(15)20(22)23/h2-9,12,16H,10H2,1H3/t12-,16+/m1/s1. The number of amides is 1. The van der Waals surface area contributed by atoms with Gasteiger partial charge in [-0.25, -0.2) is 8.42 Å². The fraction of sp³-hybridized carbons (Fsp3) is 0.235. The molecular weight excluding hydrogens is 358 g/mol. The highest BCUT2D eigenvalue weighted by Crippen LogP contribution is 2.48. The number of sulfonamides is 1. The van der Waals surface area contributed by atoms with Crippen molar-refractivity contribution in [3.8, 4) is 0 Å². The van der Waals surface area contributed by atoms with Gasteiger partial charge in [-0.2, -0.15) is 0 Å². The van der Waals surface area contributed by atoms with Crippen molar-refractivity contribution < 1.29 is 18.1 Å². The molecule has 2 atom stereocenters. The predicted octanol–water partition coefficient (Wildman–Crippen LogP) is 1.93. The van der Waals surface area contributed by atoms with Crippen molar-refractivity contribution in [2.45, 2.75) is 10.9 Å². The molecular formula is C17H15N3O5S. The Labute approximate surface area is 149 Å². The first-order chi connectivity index (χ1) is 12.3. The number of anilines is 1. The van der Waals surface area contributed by atoms with Crippen LogP contribution in [0.25, 0.3) is 0 Å². The summed E-state index contributed by atoms with van der Waals surface area (Å²) in [4.78, 5) is 24.0. The average Bonchev–Trinajstić information content (AvgIpc) is 2.65. The van der Waals surface area contributed by atoms with Crippen LogP contribution in [-0.2, 0) is 14.8 Å². The maximum atomic E-state index is 13.2. The van der Waals surface area contributed by atoms with Gasteiger partial charge in [-0.3, -0.25) is 19.2 Å². The largest absolute Gasteiger partial charge is 0.337 e. The third kappa shape index (κ3) is 2.13. The summed E-state index contributed by atoms with van der Waals surface area (Å²) in [5.74, 6) is -0.611. The summed E-state index contributed by atoms with van der Waals surface area (Å²) in [6.07, 6.45) is 0. The van der Waals surface area contributed by atoms with E-state index in [1.807, 2.05) is 0 Å². The Balaban J connectivity index is 1.88. The van der Waals surface area contributed by atoms with Gasteiger partial charge in [0.15, 0.2) is 4.90 Å². The Kier molecular flexibility index (Phi) is 3.52. The smallest absolute Gasteiger partial charge is 0.289 e. The minimum Gasteiger partial charge on any atom is -0.337 e. The lowest BCUT2D eigenvalue weighted by molar-refractivity contribution is -0.387. The van der Waals surface area contributed by atoms with Crippen LogP contribution in [0.1, 0.15) is 11.6 Å². The molecule has 0 bridgehead atoms. The molecule has 26 heavy (non-hydrogen) atoms. The molecule has 1 amide bonds. The third-order valence-corrected chi connectivity index (χ3v) is 6.81. The maximum absolute atomic E-state index is 13.2. The molecule has 1 saturated heterocycles. The van der Waals surface area contributed by atoms with E-state index < -0.39 is 26.6 Å². The van der Waals surface area contributed by atoms with E-state index in [0.717, 1.165) is 15.9 Å². The van der Waals surface area contributed by atoms with E-state index in [1.165, 1.54) is 18.2 Å². The van der Waals surface area contributed by atoms with Crippen LogP contribution in [0.15, 0.2) is 53.4 Å². The topological polar surface area (TPSA) is 101 Å². The Morgan fingerprint density at radius 1 is 1.12 bits per heavy atom. The Morgan fingerprint density at radius 2 is 1.77 bits per heavy atom. The monoisotopic (exact) mass is 373 g/mol. The summed E-state index contributed by atoms with van der Waals surface area (Å²) in [5, 5.41) is 11.3. The van der Waals surface area contributed by atoms with Crippen LogP contribution in [0.2, 0.25) is 0 Å². The minimum atomic E-state index is -4.19. The van der Waals surface area contributed by atoms with Crippen molar-refractivity contribution >= 4 is 27.3 Å². The molecule has 2 aliphatic rings. The van der Waals surface area contributed by atoms with Gasteiger partial charge in [-0.05, 0) is 17.7 Å². The maximum Gasteiger partial charge on any atom is 0.289 e. The SMILES string of the molecule is CN1C(=O)[C@@H]2CN(S(=O)(=O)c3ccccc3[N+](=O)[O-])c3ccccc3[C@@H]21. The lowest BCUT2D eigenvalue weighted by Gasteiger charge is -2.51. The molecule has 2 aliphatic heterocycles. The number of fused-ring (bicyclic) bond motifs is 3. The normalized spacial score (nSPS) is 21.7. The van der Waals surface area contributed by atoms with Gasteiger partial charge in [0.2, 0.25) is 5.91 Å². The first-order valence-electron chi connectivity index (χ1n) is 7.96. The molecule has 0 aliphatic carbocycles. The molecule has 0 spiro atoms. The molecule has 2 aromatic carbocycles. The highest BCUT2D eigenvalue weighted by molar-refractivity contribution is 7.93. The van der Waals surface area contributed by atoms with Crippen molar-refractivity contribution in [1.82, 2.24) is 4.90 Å². The van der Waals surface area contributed by atoms with E-state index in [0.29, 0.717) is 5.69 Å². The molecule has 0 unspecified atom stereocenters. The van der Waals surface area contributed by atoms with Crippen LogP contribution in [0.3, 0.4) is 0 Å². The van der Waals surface area contributed by atoms with Gasteiger partial charge in [-0.15, -0.1) is 0 Å². The Hall–Kier alpha value is -2.94.